The number of hydrogen-bond acceptors (Lipinski definition) is 3. The molecule has 0 bridgehead atoms. The summed E-state index contributed by atoms with van der Waals surface area (Å²) in [5, 5.41) is 5.26. The summed E-state index contributed by atoms with van der Waals surface area (Å²) in [6, 6.07) is 5.83. The van der Waals surface area contributed by atoms with Gasteiger partial charge in [0.15, 0.2) is 5.82 Å². The monoisotopic (exact) mass is 278 g/mol. The standard InChI is InChI=1S/C14H19ClN4/c1-3-13-17-14(4-2)19(18-13)12-9-11(15)6-5-10(12)7-8-16/h5-6,9H,3-4,7-8,16H2,1-2H3. The number of rotatable bonds is 5. The van der Waals surface area contributed by atoms with Gasteiger partial charge in [0.2, 0.25) is 0 Å². The van der Waals surface area contributed by atoms with Gasteiger partial charge < -0.3 is 5.73 Å². The van der Waals surface area contributed by atoms with Crippen LogP contribution >= 0.6 is 11.6 Å². The van der Waals surface area contributed by atoms with E-state index in [-0.39, 0.29) is 0 Å². The maximum atomic E-state index is 6.11. The predicted molar refractivity (Wildman–Crippen MR) is 77.9 cm³/mol. The van der Waals surface area contributed by atoms with Gasteiger partial charge in [0.05, 0.1) is 5.69 Å². The van der Waals surface area contributed by atoms with Gasteiger partial charge in [-0.15, -0.1) is 0 Å². The highest BCUT2D eigenvalue weighted by molar-refractivity contribution is 6.30. The van der Waals surface area contributed by atoms with Crippen LogP contribution in [0.5, 0.6) is 0 Å². The number of nitrogens with zero attached hydrogens (tertiary/aromatic N) is 3. The van der Waals surface area contributed by atoms with Gasteiger partial charge in [-0.2, -0.15) is 5.10 Å². The molecule has 2 aromatic rings. The molecule has 4 nitrogen and oxygen atoms in total. The maximum absolute atomic E-state index is 6.11. The SMILES string of the molecule is CCc1nc(CC)n(-c2cc(Cl)ccc2CCN)n1. The van der Waals surface area contributed by atoms with E-state index in [0.717, 1.165) is 42.2 Å². The molecular formula is C14H19ClN4. The number of halogens is 1. The normalized spacial score (nSPS) is 10.9. The third-order valence-electron chi connectivity index (χ3n) is 3.04. The molecule has 1 aromatic heterocycles. The van der Waals surface area contributed by atoms with Crippen LogP contribution in [0.3, 0.4) is 0 Å². The van der Waals surface area contributed by atoms with E-state index < -0.39 is 0 Å². The molecule has 0 saturated carbocycles. The van der Waals surface area contributed by atoms with Crippen molar-refractivity contribution in [3.63, 3.8) is 0 Å². The molecule has 1 aromatic carbocycles. The molecule has 102 valence electrons. The smallest absolute Gasteiger partial charge is 0.151 e. The minimum absolute atomic E-state index is 0.603. The summed E-state index contributed by atoms with van der Waals surface area (Å²) in [4.78, 5) is 4.53. The summed E-state index contributed by atoms with van der Waals surface area (Å²) in [5.41, 5.74) is 7.80. The van der Waals surface area contributed by atoms with E-state index in [0.29, 0.717) is 11.6 Å². The molecule has 1 heterocycles. The van der Waals surface area contributed by atoms with Crippen LogP contribution in [0.25, 0.3) is 5.69 Å². The van der Waals surface area contributed by atoms with Gasteiger partial charge >= 0.3 is 0 Å². The Morgan fingerprint density at radius 2 is 2.05 bits per heavy atom. The van der Waals surface area contributed by atoms with Crippen LogP contribution in [0.4, 0.5) is 0 Å². The molecule has 0 radical (unpaired) electrons. The van der Waals surface area contributed by atoms with E-state index in [1.165, 1.54) is 0 Å². The highest BCUT2D eigenvalue weighted by Crippen LogP contribution is 2.21. The molecule has 0 atom stereocenters. The molecule has 2 N–H and O–H groups in total. The summed E-state index contributed by atoms with van der Waals surface area (Å²) in [6.07, 6.45) is 2.46. The first-order valence-electron chi connectivity index (χ1n) is 6.63. The van der Waals surface area contributed by atoms with E-state index in [2.05, 4.69) is 23.9 Å². The lowest BCUT2D eigenvalue weighted by atomic mass is 10.1. The molecule has 0 saturated heterocycles. The Balaban J connectivity index is 2.56. The largest absolute Gasteiger partial charge is 0.330 e. The van der Waals surface area contributed by atoms with E-state index in [9.17, 15) is 0 Å². The molecule has 0 aliphatic rings. The third kappa shape index (κ3) is 2.96. The van der Waals surface area contributed by atoms with Crippen molar-refractivity contribution in [2.75, 3.05) is 6.54 Å². The summed E-state index contributed by atoms with van der Waals surface area (Å²) >= 11 is 6.11. The van der Waals surface area contributed by atoms with Crippen LogP contribution < -0.4 is 5.73 Å². The van der Waals surface area contributed by atoms with E-state index in [1.54, 1.807) is 0 Å². The van der Waals surface area contributed by atoms with E-state index in [4.69, 9.17) is 17.3 Å². The van der Waals surface area contributed by atoms with Crippen LogP contribution in [-0.2, 0) is 19.3 Å². The molecule has 0 unspecified atom stereocenters. The highest BCUT2D eigenvalue weighted by atomic mass is 35.5. The molecule has 5 heteroatoms. The fourth-order valence-corrected chi connectivity index (χ4v) is 2.23. The molecule has 0 aliphatic heterocycles. The summed E-state index contributed by atoms with van der Waals surface area (Å²) in [6.45, 7) is 4.73. The van der Waals surface area contributed by atoms with Gasteiger partial charge in [0.1, 0.15) is 5.82 Å². The Morgan fingerprint density at radius 1 is 1.26 bits per heavy atom. The first-order valence-corrected chi connectivity index (χ1v) is 7.01. The molecule has 0 aliphatic carbocycles. The van der Waals surface area contributed by atoms with Gasteiger partial charge in [0, 0.05) is 17.9 Å². The van der Waals surface area contributed by atoms with E-state index in [1.807, 2.05) is 22.9 Å². The van der Waals surface area contributed by atoms with Gasteiger partial charge in [-0.1, -0.05) is 31.5 Å². The molecule has 0 amide bonds. The Hall–Kier alpha value is -1.39. The Morgan fingerprint density at radius 3 is 2.68 bits per heavy atom. The fourth-order valence-electron chi connectivity index (χ4n) is 2.06. The van der Waals surface area contributed by atoms with Gasteiger partial charge in [-0.05, 0) is 30.7 Å². The van der Waals surface area contributed by atoms with Gasteiger partial charge in [-0.3, -0.25) is 0 Å². The van der Waals surface area contributed by atoms with Crippen molar-refractivity contribution < 1.29 is 0 Å². The number of aryl methyl sites for hydroxylation is 2. The van der Waals surface area contributed by atoms with Crippen LogP contribution in [0.1, 0.15) is 31.1 Å². The highest BCUT2D eigenvalue weighted by Gasteiger charge is 2.12. The fraction of sp³-hybridized carbons (Fsp3) is 0.429. The molecule has 0 fully saturated rings. The summed E-state index contributed by atoms with van der Waals surface area (Å²) in [7, 11) is 0. The minimum Gasteiger partial charge on any atom is -0.330 e. The minimum atomic E-state index is 0.603. The van der Waals surface area contributed by atoms with Crippen LogP contribution in [0.15, 0.2) is 18.2 Å². The Kier molecular flexibility index (Phi) is 4.56. The summed E-state index contributed by atoms with van der Waals surface area (Å²) < 4.78 is 1.90. The number of aromatic nitrogens is 3. The Labute approximate surface area is 118 Å². The van der Waals surface area contributed by atoms with Crippen molar-refractivity contribution in [3.8, 4) is 5.69 Å². The van der Waals surface area contributed by atoms with Crippen LogP contribution in [0, 0.1) is 0 Å². The average Bonchev–Trinajstić information content (AvgIpc) is 2.84. The van der Waals surface area contributed by atoms with Crippen LogP contribution in [0.2, 0.25) is 5.02 Å². The van der Waals surface area contributed by atoms with Gasteiger partial charge in [-0.25, -0.2) is 9.67 Å². The second kappa shape index (κ2) is 6.17. The van der Waals surface area contributed by atoms with Crippen LogP contribution in [-0.4, -0.2) is 21.3 Å². The molecular weight excluding hydrogens is 260 g/mol. The zero-order valence-corrected chi connectivity index (χ0v) is 12.1. The number of hydrogen-bond donors (Lipinski definition) is 1. The van der Waals surface area contributed by atoms with E-state index >= 15 is 0 Å². The quantitative estimate of drug-likeness (QED) is 0.914. The molecule has 2 rings (SSSR count). The Bertz CT molecular complexity index is 563. The summed E-state index contributed by atoms with van der Waals surface area (Å²) in [5.74, 6) is 1.81. The van der Waals surface area contributed by atoms with Crippen molar-refractivity contribution >= 4 is 11.6 Å². The number of nitrogens with two attached hydrogens (primary N) is 1. The van der Waals surface area contributed by atoms with Gasteiger partial charge in [0.25, 0.3) is 0 Å². The first-order chi connectivity index (χ1) is 9.19. The molecule has 0 spiro atoms. The number of benzene rings is 1. The van der Waals surface area contributed by atoms with Crippen molar-refractivity contribution in [1.82, 2.24) is 14.8 Å². The third-order valence-corrected chi connectivity index (χ3v) is 3.27. The van der Waals surface area contributed by atoms with Crippen molar-refractivity contribution in [2.24, 2.45) is 5.73 Å². The maximum Gasteiger partial charge on any atom is 0.151 e. The van der Waals surface area contributed by atoms with Crippen molar-refractivity contribution in [2.45, 2.75) is 33.1 Å². The second-order valence-corrected chi connectivity index (χ2v) is 4.81. The lowest BCUT2D eigenvalue weighted by molar-refractivity contribution is 0.777. The first kappa shape index (κ1) is 14.0. The lowest BCUT2D eigenvalue weighted by Gasteiger charge is -2.11. The zero-order chi connectivity index (χ0) is 13.8. The van der Waals surface area contributed by atoms with Crippen molar-refractivity contribution in [3.05, 3.63) is 40.4 Å². The topological polar surface area (TPSA) is 56.7 Å². The predicted octanol–water partition coefficient (Wildman–Crippen LogP) is 2.55. The zero-order valence-electron chi connectivity index (χ0n) is 11.4. The average molecular weight is 279 g/mol. The second-order valence-electron chi connectivity index (χ2n) is 4.37. The lowest BCUT2D eigenvalue weighted by Crippen LogP contribution is -2.09. The molecule has 19 heavy (non-hydrogen) atoms. The van der Waals surface area contributed by atoms with Crippen molar-refractivity contribution in [1.29, 1.82) is 0 Å².